The molecule has 2 heteroatoms. The highest BCUT2D eigenvalue weighted by atomic mass is 16.5. The first kappa shape index (κ1) is 28.2. The summed E-state index contributed by atoms with van der Waals surface area (Å²) in [5.74, 6) is 0.821. The van der Waals surface area contributed by atoms with Crippen molar-refractivity contribution in [1.82, 2.24) is 0 Å². The van der Waals surface area contributed by atoms with Crippen molar-refractivity contribution in [1.29, 1.82) is 0 Å². The zero-order valence-corrected chi connectivity index (χ0v) is 25.4. The lowest BCUT2D eigenvalue weighted by Gasteiger charge is -2.26. The fourth-order valence-corrected chi connectivity index (χ4v) is 5.16. The Morgan fingerprint density at radius 3 is 1.44 bits per heavy atom. The van der Waals surface area contributed by atoms with E-state index in [1.165, 1.54) is 27.8 Å². The summed E-state index contributed by atoms with van der Waals surface area (Å²) in [6.07, 6.45) is 0. The van der Waals surface area contributed by atoms with Crippen LogP contribution in [0, 0.1) is 0 Å². The lowest BCUT2D eigenvalue weighted by atomic mass is 9.79. The van der Waals surface area contributed by atoms with Gasteiger partial charge in [-0.15, -0.1) is 0 Å². The second-order valence-electron chi connectivity index (χ2n) is 12.8. The maximum atomic E-state index is 5.84. The fraction of sp³-hybridized carbons (Fsp3) is 0.231. The van der Waals surface area contributed by atoms with Crippen molar-refractivity contribution in [2.75, 3.05) is 12.4 Å². The van der Waals surface area contributed by atoms with E-state index in [0.29, 0.717) is 0 Å². The molecular formula is C39H41NO. The van der Waals surface area contributed by atoms with Gasteiger partial charge in [0.15, 0.2) is 0 Å². The second-order valence-corrected chi connectivity index (χ2v) is 12.8. The largest absolute Gasteiger partial charge is 0.497 e. The van der Waals surface area contributed by atoms with Crippen LogP contribution in [0.15, 0.2) is 115 Å². The molecule has 2 nitrogen and oxygen atoms in total. The summed E-state index contributed by atoms with van der Waals surface area (Å²) in [6.45, 7) is 13.7. The van der Waals surface area contributed by atoms with Crippen LogP contribution in [0.4, 0.5) is 11.4 Å². The quantitative estimate of drug-likeness (QED) is 0.232. The van der Waals surface area contributed by atoms with E-state index in [4.69, 9.17) is 4.74 Å². The van der Waals surface area contributed by atoms with Gasteiger partial charge in [-0.1, -0.05) is 139 Å². The van der Waals surface area contributed by atoms with E-state index in [1.54, 1.807) is 7.11 Å². The highest BCUT2D eigenvalue weighted by Gasteiger charge is 2.21. The molecule has 0 fully saturated rings. The van der Waals surface area contributed by atoms with Crippen molar-refractivity contribution in [2.45, 2.75) is 52.4 Å². The van der Waals surface area contributed by atoms with Crippen LogP contribution < -0.4 is 10.1 Å². The van der Waals surface area contributed by atoms with Crippen LogP contribution in [0.3, 0.4) is 0 Å². The zero-order chi connectivity index (χ0) is 29.2. The molecule has 0 atom stereocenters. The van der Waals surface area contributed by atoms with Gasteiger partial charge in [-0.2, -0.15) is 0 Å². The standard InChI is InChI=1S/C39H41NO/c1-38(2,3)31-21-29(22-32(25-31)39(4,5)6)30-23-33(26-34(24-30)41-7)40-37-35(27-15-10-8-11-16-27)19-14-20-36(37)28-17-12-9-13-18-28/h8-26,40H,1-7H3. The lowest BCUT2D eigenvalue weighted by molar-refractivity contribution is 0.415. The Balaban J connectivity index is 1.68. The molecule has 0 spiro atoms. The van der Waals surface area contributed by atoms with E-state index in [1.807, 2.05) is 0 Å². The van der Waals surface area contributed by atoms with Crippen molar-refractivity contribution < 1.29 is 4.74 Å². The van der Waals surface area contributed by atoms with E-state index >= 15 is 0 Å². The molecule has 0 aliphatic heterocycles. The van der Waals surface area contributed by atoms with Gasteiger partial charge in [-0.25, -0.2) is 0 Å². The van der Waals surface area contributed by atoms with Gasteiger partial charge >= 0.3 is 0 Å². The van der Waals surface area contributed by atoms with Crippen LogP contribution in [0.5, 0.6) is 5.75 Å². The minimum absolute atomic E-state index is 0.0369. The summed E-state index contributed by atoms with van der Waals surface area (Å²) < 4.78 is 5.84. The summed E-state index contributed by atoms with van der Waals surface area (Å²) in [5, 5.41) is 3.83. The van der Waals surface area contributed by atoms with Crippen molar-refractivity contribution in [3.63, 3.8) is 0 Å². The van der Waals surface area contributed by atoms with Gasteiger partial charge in [-0.3, -0.25) is 0 Å². The molecule has 0 aliphatic rings. The van der Waals surface area contributed by atoms with Gasteiger partial charge in [0.05, 0.1) is 12.8 Å². The first-order valence-electron chi connectivity index (χ1n) is 14.4. The predicted octanol–water partition coefficient (Wildman–Crippen LogP) is 11.0. The van der Waals surface area contributed by atoms with Crippen LogP contribution in [0.25, 0.3) is 33.4 Å². The number of anilines is 2. The molecule has 5 rings (SSSR count). The van der Waals surface area contributed by atoms with Crippen LogP contribution >= 0.6 is 0 Å². The molecule has 0 bridgehead atoms. The molecule has 0 saturated carbocycles. The number of hydrogen-bond acceptors (Lipinski definition) is 2. The van der Waals surface area contributed by atoms with Crippen molar-refractivity contribution in [3.05, 3.63) is 126 Å². The summed E-state index contributed by atoms with van der Waals surface area (Å²) in [7, 11) is 1.74. The van der Waals surface area contributed by atoms with Crippen LogP contribution in [0.2, 0.25) is 0 Å². The maximum Gasteiger partial charge on any atom is 0.121 e. The first-order chi connectivity index (χ1) is 19.5. The van der Waals surface area contributed by atoms with E-state index in [-0.39, 0.29) is 10.8 Å². The Kier molecular flexibility index (Phi) is 7.78. The van der Waals surface area contributed by atoms with Gasteiger partial charge in [0.2, 0.25) is 0 Å². The van der Waals surface area contributed by atoms with E-state index < -0.39 is 0 Å². The molecule has 0 aromatic heterocycles. The average Bonchev–Trinajstić information content (AvgIpc) is 2.97. The molecule has 208 valence electrons. The smallest absolute Gasteiger partial charge is 0.121 e. The lowest BCUT2D eigenvalue weighted by Crippen LogP contribution is -2.16. The minimum Gasteiger partial charge on any atom is -0.497 e. The molecule has 0 aliphatic carbocycles. The summed E-state index contributed by atoms with van der Waals surface area (Å²) in [4.78, 5) is 0. The first-order valence-corrected chi connectivity index (χ1v) is 14.4. The number of hydrogen-bond donors (Lipinski definition) is 1. The monoisotopic (exact) mass is 539 g/mol. The molecule has 41 heavy (non-hydrogen) atoms. The molecule has 0 amide bonds. The van der Waals surface area contributed by atoms with Gasteiger partial charge in [0, 0.05) is 22.9 Å². The SMILES string of the molecule is COc1cc(Nc2c(-c3ccccc3)cccc2-c2ccccc2)cc(-c2cc(C(C)(C)C)cc(C(C)(C)C)c2)c1. The van der Waals surface area contributed by atoms with Gasteiger partial charge in [0.1, 0.15) is 5.75 Å². The van der Waals surface area contributed by atoms with Crippen LogP contribution in [0.1, 0.15) is 52.7 Å². The number of methoxy groups -OCH3 is 1. The molecule has 5 aromatic rings. The van der Waals surface area contributed by atoms with E-state index in [0.717, 1.165) is 33.8 Å². The van der Waals surface area contributed by atoms with Gasteiger partial charge in [-0.05, 0) is 56.3 Å². The van der Waals surface area contributed by atoms with Gasteiger partial charge < -0.3 is 10.1 Å². The number of para-hydroxylation sites is 1. The Bertz CT molecular complexity index is 1550. The summed E-state index contributed by atoms with van der Waals surface area (Å²) in [6, 6.07) is 41.2. The average molecular weight is 540 g/mol. The number of benzene rings is 5. The summed E-state index contributed by atoms with van der Waals surface area (Å²) >= 11 is 0. The summed E-state index contributed by atoms with van der Waals surface area (Å²) in [5.41, 5.74) is 11.8. The third-order valence-electron chi connectivity index (χ3n) is 7.64. The zero-order valence-electron chi connectivity index (χ0n) is 25.4. The van der Waals surface area contributed by atoms with E-state index in [2.05, 4.69) is 162 Å². The molecule has 1 N–H and O–H groups in total. The number of ether oxygens (including phenoxy) is 1. The van der Waals surface area contributed by atoms with Crippen molar-refractivity contribution in [3.8, 4) is 39.1 Å². The Morgan fingerprint density at radius 1 is 0.488 bits per heavy atom. The highest BCUT2D eigenvalue weighted by molar-refractivity contribution is 5.93. The van der Waals surface area contributed by atoms with Crippen LogP contribution in [-0.2, 0) is 10.8 Å². The maximum absolute atomic E-state index is 5.84. The predicted molar refractivity (Wildman–Crippen MR) is 176 cm³/mol. The topological polar surface area (TPSA) is 21.3 Å². The molecular weight excluding hydrogens is 498 g/mol. The second kappa shape index (κ2) is 11.3. The molecule has 0 heterocycles. The van der Waals surface area contributed by atoms with E-state index in [9.17, 15) is 0 Å². The molecule has 0 unspecified atom stereocenters. The van der Waals surface area contributed by atoms with Gasteiger partial charge in [0.25, 0.3) is 0 Å². The van der Waals surface area contributed by atoms with Crippen molar-refractivity contribution >= 4 is 11.4 Å². The number of nitrogens with one attached hydrogen (secondary N) is 1. The molecule has 5 aromatic carbocycles. The third kappa shape index (κ3) is 6.38. The molecule has 0 radical (unpaired) electrons. The Hall–Kier alpha value is -4.30. The minimum atomic E-state index is 0.0369. The normalized spacial score (nSPS) is 11.8. The molecule has 0 saturated heterocycles. The Morgan fingerprint density at radius 2 is 0.976 bits per heavy atom. The third-order valence-corrected chi connectivity index (χ3v) is 7.64. The highest BCUT2D eigenvalue weighted by Crippen LogP contribution is 2.41. The Labute approximate surface area is 246 Å². The number of rotatable bonds is 6. The van der Waals surface area contributed by atoms with Crippen LogP contribution in [-0.4, -0.2) is 7.11 Å². The van der Waals surface area contributed by atoms with Crippen molar-refractivity contribution in [2.24, 2.45) is 0 Å². The fourth-order valence-electron chi connectivity index (χ4n) is 5.16.